The van der Waals surface area contributed by atoms with E-state index in [0.29, 0.717) is 5.92 Å². The van der Waals surface area contributed by atoms with E-state index in [4.69, 9.17) is 0 Å². The summed E-state index contributed by atoms with van der Waals surface area (Å²) >= 11 is 0. The molecule has 0 aliphatic heterocycles. The molecule has 2 N–H and O–H groups in total. The standard InChI is InChI=1S/C14H14N4/c1-8-13(14(18-16-8)9-2-3-9)10-4-5-11-7-15-17-12(11)6-10/h4-7,9H,2-3H2,1H3,(H,15,17)(H,16,18). The van der Waals surface area contributed by atoms with Crippen molar-refractivity contribution in [2.75, 3.05) is 0 Å². The highest BCUT2D eigenvalue weighted by molar-refractivity contribution is 5.84. The maximum Gasteiger partial charge on any atom is 0.0734 e. The van der Waals surface area contributed by atoms with Crippen molar-refractivity contribution in [2.45, 2.75) is 25.7 Å². The number of nitrogens with one attached hydrogen (secondary N) is 2. The lowest BCUT2D eigenvalue weighted by Crippen LogP contribution is -1.86. The molecular weight excluding hydrogens is 224 g/mol. The van der Waals surface area contributed by atoms with Gasteiger partial charge in [-0.25, -0.2) is 0 Å². The van der Waals surface area contributed by atoms with Gasteiger partial charge in [-0.1, -0.05) is 12.1 Å². The molecule has 90 valence electrons. The zero-order chi connectivity index (χ0) is 12.1. The van der Waals surface area contributed by atoms with Crippen LogP contribution < -0.4 is 0 Å². The van der Waals surface area contributed by atoms with E-state index in [1.54, 1.807) is 0 Å². The van der Waals surface area contributed by atoms with E-state index in [1.165, 1.54) is 29.7 Å². The Morgan fingerprint density at radius 1 is 1.22 bits per heavy atom. The predicted octanol–water partition coefficient (Wildman–Crippen LogP) is 3.14. The van der Waals surface area contributed by atoms with Crippen molar-refractivity contribution in [2.24, 2.45) is 0 Å². The first-order valence-corrected chi connectivity index (χ1v) is 6.31. The molecule has 1 aliphatic carbocycles. The van der Waals surface area contributed by atoms with Gasteiger partial charge in [-0.3, -0.25) is 10.2 Å². The summed E-state index contributed by atoms with van der Waals surface area (Å²) in [6.45, 7) is 2.09. The van der Waals surface area contributed by atoms with Gasteiger partial charge in [0.15, 0.2) is 0 Å². The van der Waals surface area contributed by atoms with Crippen molar-refractivity contribution >= 4 is 10.9 Å². The van der Waals surface area contributed by atoms with Gasteiger partial charge in [0.05, 0.1) is 17.4 Å². The zero-order valence-electron chi connectivity index (χ0n) is 10.2. The number of hydrogen-bond donors (Lipinski definition) is 2. The molecule has 3 aromatic rings. The van der Waals surface area contributed by atoms with Gasteiger partial charge in [-0.05, 0) is 31.4 Å². The summed E-state index contributed by atoms with van der Waals surface area (Å²) in [7, 11) is 0. The van der Waals surface area contributed by atoms with Crippen LogP contribution in [0, 0.1) is 6.92 Å². The van der Waals surface area contributed by atoms with Crippen molar-refractivity contribution in [3.8, 4) is 11.1 Å². The third-order valence-electron chi connectivity index (χ3n) is 3.67. The van der Waals surface area contributed by atoms with E-state index in [2.05, 4.69) is 45.5 Å². The predicted molar refractivity (Wildman–Crippen MR) is 70.4 cm³/mol. The van der Waals surface area contributed by atoms with Crippen LogP contribution in [0.25, 0.3) is 22.0 Å². The Kier molecular flexibility index (Phi) is 1.89. The highest BCUT2D eigenvalue weighted by Gasteiger charge is 2.30. The summed E-state index contributed by atoms with van der Waals surface area (Å²) in [4.78, 5) is 0. The van der Waals surface area contributed by atoms with E-state index in [0.717, 1.165) is 16.6 Å². The fourth-order valence-corrected chi connectivity index (χ4v) is 2.56. The van der Waals surface area contributed by atoms with Crippen LogP contribution in [0.3, 0.4) is 0 Å². The molecule has 2 heterocycles. The number of H-pyrrole nitrogens is 2. The second kappa shape index (κ2) is 3.45. The molecule has 0 amide bonds. The molecule has 2 aromatic heterocycles. The molecule has 0 spiro atoms. The smallest absolute Gasteiger partial charge is 0.0734 e. The Balaban J connectivity index is 1.92. The van der Waals surface area contributed by atoms with Gasteiger partial charge in [-0.2, -0.15) is 10.2 Å². The summed E-state index contributed by atoms with van der Waals surface area (Å²) in [6, 6.07) is 6.42. The highest BCUT2D eigenvalue weighted by Crippen LogP contribution is 2.44. The number of nitrogens with zero attached hydrogens (tertiary/aromatic N) is 2. The Hall–Kier alpha value is -2.10. The molecule has 4 heteroatoms. The van der Waals surface area contributed by atoms with E-state index >= 15 is 0 Å². The van der Waals surface area contributed by atoms with Crippen LogP contribution in [-0.2, 0) is 0 Å². The topological polar surface area (TPSA) is 57.4 Å². The summed E-state index contributed by atoms with van der Waals surface area (Å²) in [5.41, 5.74) is 5.95. The van der Waals surface area contributed by atoms with Gasteiger partial charge in [0.2, 0.25) is 0 Å². The molecular formula is C14H14N4. The molecule has 0 saturated heterocycles. The Morgan fingerprint density at radius 3 is 2.94 bits per heavy atom. The fraction of sp³-hybridized carbons (Fsp3) is 0.286. The van der Waals surface area contributed by atoms with Crippen molar-refractivity contribution < 1.29 is 0 Å². The molecule has 0 radical (unpaired) electrons. The average Bonchev–Trinajstić information content (AvgIpc) is 2.99. The molecule has 4 rings (SSSR count). The summed E-state index contributed by atoms with van der Waals surface area (Å²) in [5, 5.41) is 15.8. The summed E-state index contributed by atoms with van der Waals surface area (Å²) in [5.74, 6) is 0.655. The number of hydrogen-bond acceptors (Lipinski definition) is 2. The molecule has 0 atom stereocenters. The summed E-state index contributed by atoms with van der Waals surface area (Å²) in [6.07, 6.45) is 4.39. The van der Waals surface area contributed by atoms with Crippen molar-refractivity contribution in [3.63, 3.8) is 0 Å². The van der Waals surface area contributed by atoms with Crippen LogP contribution >= 0.6 is 0 Å². The minimum Gasteiger partial charge on any atom is -0.282 e. The monoisotopic (exact) mass is 238 g/mol. The Morgan fingerprint density at radius 2 is 2.11 bits per heavy atom. The lowest BCUT2D eigenvalue weighted by Gasteiger charge is -2.03. The fourth-order valence-electron chi connectivity index (χ4n) is 2.56. The third-order valence-corrected chi connectivity index (χ3v) is 3.67. The average molecular weight is 238 g/mol. The largest absolute Gasteiger partial charge is 0.282 e. The first-order valence-electron chi connectivity index (χ1n) is 6.31. The number of aromatic amines is 2. The lowest BCUT2D eigenvalue weighted by molar-refractivity contribution is 0.954. The van der Waals surface area contributed by atoms with Crippen molar-refractivity contribution in [1.82, 2.24) is 20.4 Å². The SMILES string of the molecule is Cc1[nH]nc(C2CC2)c1-c1ccc2cn[nH]c2c1. The molecule has 1 aliphatic rings. The maximum absolute atomic E-state index is 4.47. The number of aryl methyl sites for hydroxylation is 1. The lowest BCUT2D eigenvalue weighted by atomic mass is 10.0. The maximum atomic E-state index is 4.47. The van der Waals surface area contributed by atoms with E-state index in [1.807, 2.05) is 6.20 Å². The molecule has 4 nitrogen and oxygen atoms in total. The van der Waals surface area contributed by atoms with Crippen LogP contribution in [0.2, 0.25) is 0 Å². The van der Waals surface area contributed by atoms with E-state index in [9.17, 15) is 0 Å². The van der Waals surface area contributed by atoms with E-state index < -0.39 is 0 Å². The Labute approximate surface area is 104 Å². The van der Waals surface area contributed by atoms with Gasteiger partial charge in [-0.15, -0.1) is 0 Å². The normalized spacial score (nSPS) is 15.4. The van der Waals surface area contributed by atoms with Gasteiger partial charge in [0, 0.05) is 22.6 Å². The molecule has 0 bridgehead atoms. The quantitative estimate of drug-likeness (QED) is 0.720. The third kappa shape index (κ3) is 1.38. The minimum absolute atomic E-state index is 0.655. The first-order chi connectivity index (χ1) is 8.83. The van der Waals surface area contributed by atoms with Crippen LogP contribution in [0.4, 0.5) is 0 Å². The number of fused-ring (bicyclic) bond motifs is 1. The number of rotatable bonds is 2. The molecule has 18 heavy (non-hydrogen) atoms. The van der Waals surface area contributed by atoms with Gasteiger partial charge in [0.1, 0.15) is 0 Å². The number of benzene rings is 1. The molecule has 1 saturated carbocycles. The van der Waals surface area contributed by atoms with Gasteiger partial charge >= 0.3 is 0 Å². The highest BCUT2D eigenvalue weighted by atomic mass is 15.1. The van der Waals surface area contributed by atoms with Gasteiger partial charge < -0.3 is 0 Å². The second-order valence-electron chi connectivity index (χ2n) is 5.06. The van der Waals surface area contributed by atoms with Crippen LogP contribution in [0.5, 0.6) is 0 Å². The van der Waals surface area contributed by atoms with Crippen LogP contribution in [0.15, 0.2) is 24.4 Å². The van der Waals surface area contributed by atoms with Crippen LogP contribution in [0.1, 0.15) is 30.1 Å². The molecule has 1 aromatic carbocycles. The zero-order valence-corrected chi connectivity index (χ0v) is 10.2. The van der Waals surface area contributed by atoms with Crippen LogP contribution in [-0.4, -0.2) is 20.4 Å². The molecule has 0 unspecified atom stereocenters. The second-order valence-corrected chi connectivity index (χ2v) is 5.06. The number of aromatic nitrogens is 4. The van der Waals surface area contributed by atoms with Crippen molar-refractivity contribution in [3.05, 3.63) is 35.8 Å². The van der Waals surface area contributed by atoms with E-state index in [-0.39, 0.29) is 0 Å². The first kappa shape index (κ1) is 9.88. The summed E-state index contributed by atoms with van der Waals surface area (Å²) < 4.78 is 0. The van der Waals surface area contributed by atoms with Crippen molar-refractivity contribution in [1.29, 1.82) is 0 Å². The van der Waals surface area contributed by atoms with Gasteiger partial charge in [0.25, 0.3) is 0 Å². The molecule has 1 fully saturated rings. The minimum atomic E-state index is 0.655. The Bertz CT molecular complexity index is 718.